The molecule has 0 aliphatic carbocycles. The van der Waals surface area contributed by atoms with Gasteiger partial charge in [0.15, 0.2) is 16.8 Å². The zero-order valence-corrected chi connectivity index (χ0v) is 9.93. The summed E-state index contributed by atoms with van der Waals surface area (Å²) in [5.74, 6) is 1.09. The summed E-state index contributed by atoms with van der Waals surface area (Å²) in [5.41, 5.74) is 0. The van der Waals surface area contributed by atoms with Crippen molar-refractivity contribution in [3.05, 3.63) is 18.7 Å². The fourth-order valence-electron chi connectivity index (χ4n) is 1.26. The number of tetrazole rings is 2. The molecule has 0 fully saturated rings. The maximum atomic E-state index is 4.29. The van der Waals surface area contributed by atoms with E-state index in [-0.39, 0.29) is 0 Å². The van der Waals surface area contributed by atoms with Gasteiger partial charge in [-0.3, -0.25) is 0 Å². The summed E-state index contributed by atoms with van der Waals surface area (Å²) in [6, 6.07) is 1.69. The van der Waals surface area contributed by atoms with Gasteiger partial charge in [0, 0.05) is 6.07 Å². The van der Waals surface area contributed by atoms with E-state index in [9.17, 15) is 0 Å². The summed E-state index contributed by atoms with van der Waals surface area (Å²) < 4.78 is 2.88. The van der Waals surface area contributed by atoms with Crippen molar-refractivity contribution in [1.29, 1.82) is 0 Å². The molecular weight excluding hydrogens is 256 g/mol. The Labute approximate surface area is 104 Å². The van der Waals surface area contributed by atoms with Crippen molar-refractivity contribution in [1.82, 2.24) is 50.4 Å². The minimum Gasteiger partial charge on any atom is -0.203 e. The molecule has 0 spiro atoms. The molecule has 0 N–H and O–H groups in total. The molecule has 0 unspecified atom stereocenters. The Balaban J connectivity index is 2.13. The molecule has 10 nitrogen and oxygen atoms in total. The summed E-state index contributed by atoms with van der Waals surface area (Å²) in [4.78, 5) is 8.59. The van der Waals surface area contributed by atoms with E-state index in [2.05, 4.69) is 41.0 Å². The molecule has 0 saturated carbocycles. The highest BCUT2D eigenvalue weighted by Crippen LogP contribution is 2.14. The SMILES string of the molecule is CSc1nc(-n2cnnn2)cc(-n2cnnn2)n1. The molecule has 0 aliphatic heterocycles. The molecule has 0 aromatic carbocycles. The zero-order chi connectivity index (χ0) is 12.4. The molecule has 0 aliphatic rings. The lowest BCUT2D eigenvalue weighted by Gasteiger charge is -2.04. The van der Waals surface area contributed by atoms with Crippen molar-refractivity contribution in [3.8, 4) is 11.6 Å². The average Bonchev–Trinajstić information content (AvgIpc) is 3.10. The Morgan fingerprint density at radius 2 is 1.50 bits per heavy atom. The van der Waals surface area contributed by atoms with Crippen molar-refractivity contribution < 1.29 is 0 Å². The third-order valence-electron chi connectivity index (χ3n) is 2.03. The van der Waals surface area contributed by atoms with Gasteiger partial charge in [-0.15, -0.1) is 10.2 Å². The van der Waals surface area contributed by atoms with Crippen LogP contribution >= 0.6 is 11.8 Å². The van der Waals surface area contributed by atoms with Crippen molar-refractivity contribution in [3.63, 3.8) is 0 Å². The third-order valence-corrected chi connectivity index (χ3v) is 2.58. The van der Waals surface area contributed by atoms with Gasteiger partial charge in [-0.2, -0.15) is 9.36 Å². The molecule has 3 aromatic rings. The van der Waals surface area contributed by atoms with E-state index >= 15 is 0 Å². The predicted molar refractivity (Wildman–Crippen MR) is 59.2 cm³/mol. The highest BCUT2D eigenvalue weighted by atomic mass is 32.2. The average molecular weight is 262 g/mol. The standard InChI is InChI=1S/C7H6N10S/c1-18-7-10-5(16-3-8-12-14-16)2-6(11-7)17-4-9-13-15-17/h2-4H,1H3. The minimum atomic E-state index is 0.546. The zero-order valence-electron chi connectivity index (χ0n) is 9.11. The highest BCUT2D eigenvalue weighted by molar-refractivity contribution is 7.98. The second-order valence-corrected chi connectivity index (χ2v) is 3.85. The van der Waals surface area contributed by atoms with Crippen LogP contribution in [0.1, 0.15) is 0 Å². The van der Waals surface area contributed by atoms with Crippen LogP contribution in [0.25, 0.3) is 11.6 Å². The Morgan fingerprint density at radius 3 is 1.89 bits per heavy atom. The molecule has 3 aromatic heterocycles. The van der Waals surface area contributed by atoms with Gasteiger partial charge < -0.3 is 0 Å². The predicted octanol–water partition coefficient (Wildman–Crippen LogP) is -0.850. The number of nitrogens with zero attached hydrogens (tertiary/aromatic N) is 10. The molecule has 0 radical (unpaired) electrons. The first-order valence-corrected chi connectivity index (χ1v) is 5.99. The fourth-order valence-corrected chi connectivity index (χ4v) is 1.63. The van der Waals surface area contributed by atoms with Gasteiger partial charge in [0.05, 0.1) is 0 Å². The Kier molecular flexibility index (Phi) is 2.64. The molecule has 3 rings (SSSR count). The topological polar surface area (TPSA) is 113 Å². The first-order chi connectivity index (χ1) is 8.86. The molecule has 0 saturated heterocycles. The fraction of sp³-hybridized carbons (Fsp3) is 0.143. The summed E-state index contributed by atoms with van der Waals surface area (Å²) in [5, 5.41) is 22.4. The van der Waals surface area contributed by atoms with Crippen LogP contribution in [0.5, 0.6) is 0 Å². The number of rotatable bonds is 3. The Morgan fingerprint density at radius 1 is 0.944 bits per heavy atom. The van der Waals surface area contributed by atoms with E-state index in [0.717, 1.165) is 0 Å². The lowest BCUT2D eigenvalue weighted by Crippen LogP contribution is -2.06. The number of hydrogen-bond acceptors (Lipinski definition) is 9. The molecule has 0 amide bonds. The quantitative estimate of drug-likeness (QED) is 0.439. The van der Waals surface area contributed by atoms with Gasteiger partial charge in [-0.1, -0.05) is 11.8 Å². The van der Waals surface area contributed by atoms with Crippen LogP contribution < -0.4 is 0 Å². The van der Waals surface area contributed by atoms with Gasteiger partial charge >= 0.3 is 0 Å². The maximum Gasteiger partial charge on any atom is 0.191 e. The number of thioether (sulfide) groups is 1. The van der Waals surface area contributed by atoms with E-state index < -0.39 is 0 Å². The Bertz CT molecular complexity index is 580. The van der Waals surface area contributed by atoms with Crippen LogP contribution in [0.3, 0.4) is 0 Å². The van der Waals surface area contributed by atoms with E-state index in [1.165, 1.54) is 33.8 Å². The van der Waals surface area contributed by atoms with Gasteiger partial charge in [0.25, 0.3) is 0 Å². The van der Waals surface area contributed by atoms with Crippen molar-refractivity contribution in [2.45, 2.75) is 5.16 Å². The van der Waals surface area contributed by atoms with Crippen molar-refractivity contribution >= 4 is 11.8 Å². The van der Waals surface area contributed by atoms with Crippen molar-refractivity contribution in [2.24, 2.45) is 0 Å². The number of aromatic nitrogens is 10. The molecule has 3 heterocycles. The summed E-state index contributed by atoms with van der Waals surface area (Å²) in [7, 11) is 0. The van der Waals surface area contributed by atoms with Gasteiger partial charge in [0.2, 0.25) is 0 Å². The highest BCUT2D eigenvalue weighted by Gasteiger charge is 2.09. The molecule has 18 heavy (non-hydrogen) atoms. The lowest BCUT2D eigenvalue weighted by molar-refractivity contribution is 0.722. The number of hydrogen-bond donors (Lipinski definition) is 0. The van der Waals surface area contributed by atoms with E-state index in [0.29, 0.717) is 16.8 Å². The third kappa shape index (κ3) is 1.90. The van der Waals surface area contributed by atoms with Crippen LogP contribution in [0.2, 0.25) is 0 Å². The summed E-state index contributed by atoms with van der Waals surface area (Å²) in [6.07, 6.45) is 4.79. The summed E-state index contributed by atoms with van der Waals surface area (Å²) in [6.45, 7) is 0. The second-order valence-electron chi connectivity index (χ2n) is 3.08. The monoisotopic (exact) mass is 262 g/mol. The van der Waals surface area contributed by atoms with E-state index in [1.807, 2.05) is 6.26 Å². The molecule has 90 valence electrons. The van der Waals surface area contributed by atoms with Crippen LogP contribution in [0.4, 0.5) is 0 Å². The van der Waals surface area contributed by atoms with Crippen molar-refractivity contribution in [2.75, 3.05) is 6.26 Å². The van der Waals surface area contributed by atoms with E-state index in [1.54, 1.807) is 6.07 Å². The van der Waals surface area contributed by atoms with E-state index in [4.69, 9.17) is 0 Å². The van der Waals surface area contributed by atoms with Gasteiger partial charge in [-0.25, -0.2) is 9.97 Å². The van der Waals surface area contributed by atoms with Crippen LogP contribution in [0.15, 0.2) is 23.9 Å². The summed E-state index contributed by atoms with van der Waals surface area (Å²) >= 11 is 1.41. The first kappa shape index (κ1) is 10.7. The maximum absolute atomic E-state index is 4.29. The van der Waals surface area contributed by atoms with Gasteiger partial charge in [-0.05, 0) is 27.1 Å². The smallest absolute Gasteiger partial charge is 0.191 e. The van der Waals surface area contributed by atoms with Gasteiger partial charge in [0.1, 0.15) is 12.7 Å². The molecular formula is C7H6N10S. The van der Waals surface area contributed by atoms with Crippen LogP contribution in [0, 0.1) is 0 Å². The molecule has 11 heteroatoms. The first-order valence-electron chi connectivity index (χ1n) is 4.76. The van der Waals surface area contributed by atoms with Crippen LogP contribution in [-0.2, 0) is 0 Å². The lowest BCUT2D eigenvalue weighted by atomic mass is 10.5. The van der Waals surface area contributed by atoms with Crippen LogP contribution in [-0.4, -0.2) is 56.6 Å². The second kappa shape index (κ2) is 4.44. The largest absolute Gasteiger partial charge is 0.203 e. The minimum absolute atomic E-state index is 0.546. The molecule has 0 atom stereocenters. The Hall–Kier alpha value is -2.43. The molecule has 0 bridgehead atoms. The normalized spacial score (nSPS) is 10.7.